The first-order chi connectivity index (χ1) is 9.89. The standard InChI is InChI=1S/C14H15BrN2O2S2/c1-9-13(7-14(15)20-9)21(18,19)17-8-11(16)6-10-4-2-3-5-12(10)17/h2-5,7,11H,6,8,16H2,1H3. The highest BCUT2D eigenvalue weighted by molar-refractivity contribution is 9.11. The van der Waals surface area contributed by atoms with Gasteiger partial charge in [-0.15, -0.1) is 11.3 Å². The first-order valence-corrected chi connectivity index (χ1v) is 9.56. The van der Waals surface area contributed by atoms with E-state index in [2.05, 4.69) is 15.9 Å². The summed E-state index contributed by atoms with van der Waals surface area (Å²) < 4.78 is 28.2. The molecular weight excluding hydrogens is 372 g/mol. The molecule has 0 fully saturated rings. The summed E-state index contributed by atoms with van der Waals surface area (Å²) in [5.74, 6) is 0. The number of halogens is 1. The maximum absolute atomic E-state index is 13.0. The summed E-state index contributed by atoms with van der Waals surface area (Å²) in [7, 11) is -3.58. The molecule has 4 nitrogen and oxygen atoms in total. The first-order valence-electron chi connectivity index (χ1n) is 6.52. The minimum atomic E-state index is -3.58. The van der Waals surface area contributed by atoms with Crippen LogP contribution in [0.3, 0.4) is 0 Å². The second kappa shape index (κ2) is 5.39. The number of benzene rings is 1. The third-order valence-electron chi connectivity index (χ3n) is 3.55. The van der Waals surface area contributed by atoms with Gasteiger partial charge in [-0.05, 0) is 47.0 Å². The van der Waals surface area contributed by atoms with Gasteiger partial charge >= 0.3 is 0 Å². The molecule has 1 aromatic heterocycles. The van der Waals surface area contributed by atoms with Gasteiger partial charge in [-0.1, -0.05) is 18.2 Å². The van der Waals surface area contributed by atoms with Crippen molar-refractivity contribution in [1.29, 1.82) is 0 Å². The van der Waals surface area contributed by atoms with Gasteiger partial charge in [0.2, 0.25) is 0 Å². The summed E-state index contributed by atoms with van der Waals surface area (Å²) in [6.45, 7) is 2.13. The Labute approximate surface area is 136 Å². The fourth-order valence-electron chi connectivity index (χ4n) is 2.62. The van der Waals surface area contributed by atoms with Crippen LogP contribution in [0.15, 0.2) is 39.0 Å². The molecule has 0 amide bonds. The molecule has 0 spiro atoms. The van der Waals surface area contributed by atoms with Gasteiger partial charge in [-0.2, -0.15) is 0 Å². The molecule has 0 saturated carbocycles. The molecule has 3 rings (SSSR count). The maximum Gasteiger partial charge on any atom is 0.265 e. The van der Waals surface area contributed by atoms with Crippen LogP contribution in [-0.4, -0.2) is 21.0 Å². The monoisotopic (exact) mass is 386 g/mol. The smallest absolute Gasteiger partial charge is 0.265 e. The van der Waals surface area contributed by atoms with E-state index in [4.69, 9.17) is 5.73 Å². The number of hydrogen-bond donors (Lipinski definition) is 1. The summed E-state index contributed by atoms with van der Waals surface area (Å²) >= 11 is 4.78. The minimum Gasteiger partial charge on any atom is -0.326 e. The molecule has 7 heteroatoms. The molecule has 2 aromatic rings. The normalized spacial score (nSPS) is 18.6. The largest absolute Gasteiger partial charge is 0.326 e. The highest BCUT2D eigenvalue weighted by Crippen LogP contribution is 2.36. The molecule has 1 unspecified atom stereocenters. The lowest BCUT2D eigenvalue weighted by molar-refractivity contribution is 0.575. The summed E-state index contributed by atoms with van der Waals surface area (Å²) in [6, 6.07) is 9.03. The Morgan fingerprint density at radius 2 is 2.10 bits per heavy atom. The van der Waals surface area contributed by atoms with Crippen molar-refractivity contribution >= 4 is 43.0 Å². The van der Waals surface area contributed by atoms with Crippen LogP contribution >= 0.6 is 27.3 Å². The number of aryl methyl sites for hydroxylation is 1. The Hall–Kier alpha value is -0.890. The molecule has 2 heterocycles. The van der Waals surface area contributed by atoms with Gasteiger partial charge < -0.3 is 5.73 Å². The number of nitrogens with two attached hydrogens (primary N) is 1. The number of hydrogen-bond acceptors (Lipinski definition) is 4. The quantitative estimate of drug-likeness (QED) is 0.862. The van der Waals surface area contributed by atoms with Crippen LogP contribution in [0.4, 0.5) is 5.69 Å². The first kappa shape index (κ1) is 15.0. The van der Waals surface area contributed by atoms with Crippen LogP contribution < -0.4 is 10.0 Å². The number of sulfonamides is 1. The summed E-state index contributed by atoms with van der Waals surface area (Å²) in [6.07, 6.45) is 0.703. The van der Waals surface area contributed by atoms with Gasteiger partial charge in [-0.25, -0.2) is 8.42 Å². The van der Waals surface area contributed by atoms with Gasteiger partial charge in [0.25, 0.3) is 10.0 Å². The van der Waals surface area contributed by atoms with Crippen LogP contribution in [0.1, 0.15) is 10.4 Å². The lowest BCUT2D eigenvalue weighted by Gasteiger charge is -2.33. The molecule has 0 radical (unpaired) electrons. The number of para-hydroxylation sites is 1. The molecule has 1 atom stereocenters. The van der Waals surface area contributed by atoms with Gasteiger partial charge in [0.05, 0.1) is 9.47 Å². The van der Waals surface area contributed by atoms with Crippen molar-refractivity contribution in [3.8, 4) is 0 Å². The van der Waals surface area contributed by atoms with Gasteiger partial charge in [-0.3, -0.25) is 4.31 Å². The van der Waals surface area contributed by atoms with E-state index in [1.165, 1.54) is 15.6 Å². The van der Waals surface area contributed by atoms with Crippen LogP contribution in [0, 0.1) is 6.92 Å². The lowest BCUT2D eigenvalue weighted by atomic mass is 10.0. The molecular formula is C14H15BrN2O2S2. The molecule has 0 aliphatic carbocycles. The van der Waals surface area contributed by atoms with E-state index >= 15 is 0 Å². The Bertz CT molecular complexity index is 786. The van der Waals surface area contributed by atoms with Crippen molar-refractivity contribution in [2.45, 2.75) is 24.3 Å². The highest BCUT2D eigenvalue weighted by atomic mass is 79.9. The maximum atomic E-state index is 13.0. The summed E-state index contributed by atoms with van der Waals surface area (Å²) in [5.41, 5.74) is 7.76. The highest BCUT2D eigenvalue weighted by Gasteiger charge is 2.33. The van der Waals surface area contributed by atoms with E-state index in [0.717, 1.165) is 19.9 Å². The van der Waals surface area contributed by atoms with Crippen molar-refractivity contribution < 1.29 is 8.42 Å². The van der Waals surface area contributed by atoms with E-state index in [1.807, 2.05) is 31.2 Å². The van der Waals surface area contributed by atoms with E-state index < -0.39 is 10.0 Å². The summed E-state index contributed by atoms with van der Waals surface area (Å²) in [4.78, 5) is 1.13. The predicted molar refractivity (Wildman–Crippen MR) is 89.4 cm³/mol. The van der Waals surface area contributed by atoms with Crippen LogP contribution in [0.25, 0.3) is 0 Å². The fraction of sp³-hybridized carbons (Fsp3) is 0.286. The number of rotatable bonds is 2. The van der Waals surface area contributed by atoms with Crippen molar-refractivity contribution in [2.24, 2.45) is 5.73 Å². The van der Waals surface area contributed by atoms with Crippen molar-refractivity contribution in [3.05, 3.63) is 44.6 Å². The number of fused-ring (bicyclic) bond motifs is 1. The molecule has 112 valence electrons. The Balaban J connectivity index is 2.14. The Kier molecular flexibility index (Phi) is 3.85. The Morgan fingerprint density at radius 3 is 2.76 bits per heavy atom. The van der Waals surface area contributed by atoms with Crippen molar-refractivity contribution in [2.75, 3.05) is 10.8 Å². The van der Waals surface area contributed by atoms with E-state index in [1.54, 1.807) is 6.07 Å². The summed E-state index contributed by atoms with van der Waals surface area (Å²) in [5, 5.41) is 0. The third-order valence-corrected chi connectivity index (χ3v) is 7.14. The minimum absolute atomic E-state index is 0.183. The number of anilines is 1. The fourth-order valence-corrected chi connectivity index (χ4v) is 6.56. The topological polar surface area (TPSA) is 63.4 Å². The van der Waals surface area contributed by atoms with Crippen molar-refractivity contribution in [3.63, 3.8) is 0 Å². The molecule has 0 bridgehead atoms. The molecule has 21 heavy (non-hydrogen) atoms. The van der Waals surface area contributed by atoms with E-state index in [-0.39, 0.29) is 6.04 Å². The van der Waals surface area contributed by atoms with Crippen LogP contribution in [-0.2, 0) is 16.4 Å². The predicted octanol–water partition coefficient (Wildman–Crippen LogP) is 2.90. The average Bonchev–Trinajstić information content (AvgIpc) is 2.77. The molecule has 2 N–H and O–H groups in total. The molecule has 1 aliphatic heterocycles. The van der Waals surface area contributed by atoms with Crippen molar-refractivity contribution in [1.82, 2.24) is 0 Å². The van der Waals surface area contributed by atoms with Gasteiger partial charge in [0.1, 0.15) is 4.90 Å². The van der Waals surface area contributed by atoms with Gasteiger partial charge in [0.15, 0.2) is 0 Å². The molecule has 1 aliphatic rings. The zero-order valence-corrected chi connectivity index (χ0v) is 14.6. The van der Waals surface area contributed by atoms with Gasteiger partial charge in [0, 0.05) is 17.5 Å². The molecule has 1 aromatic carbocycles. The number of nitrogens with zero attached hydrogens (tertiary/aromatic N) is 1. The second-order valence-corrected chi connectivity index (χ2v) is 9.57. The lowest BCUT2D eigenvalue weighted by Crippen LogP contribution is -2.46. The zero-order valence-electron chi connectivity index (χ0n) is 11.4. The average molecular weight is 387 g/mol. The Morgan fingerprint density at radius 1 is 1.38 bits per heavy atom. The van der Waals surface area contributed by atoms with Crippen LogP contribution in [0.5, 0.6) is 0 Å². The third kappa shape index (κ3) is 2.63. The SMILES string of the molecule is Cc1sc(Br)cc1S(=O)(=O)N1CC(N)Cc2ccccc21. The number of thiophene rings is 1. The van der Waals surface area contributed by atoms with E-state index in [0.29, 0.717) is 17.9 Å². The molecule has 0 saturated heterocycles. The second-order valence-electron chi connectivity index (χ2n) is 5.10. The zero-order chi connectivity index (χ0) is 15.2. The van der Waals surface area contributed by atoms with Crippen LogP contribution in [0.2, 0.25) is 0 Å². The van der Waals surface area contributed by atoms with E-state index in [9.17, 15) is 8.42 Å².